The Labute approximate surface area is 163 Å². The molecule has 1 aromatic heterocycles. The van der Waals surface area contributed by atoms with Gasteiger partial charge in [0.25, 0.3) is 0 Å². The van der Waals surface area contributed by atoms with Gasteiger partial charge in [-0.3, -0.25) is 9.69 Å². The smallest absolute Gasteiger partial charge is 0.336 e. The zero-order chi connectivity index (χ0) is 19.8. The first-order valence-electron chi connectivity index (χ1n) is 9.39. The molecule has 0 unspecified atom stereocenters. The van der Waals surface area contributed by atoms with Crippen molar-refractivity contribution >= 4 is 16.9 Å². The van der Waals surface area contributed by atoms with Crippen LogP contribution in [0.3, 0.4) is 0 Å². The molecule has 1 aliphatic heterocycles. The van der Waals surface area contributed by atoms with E-state index in [0.717, 1.165) is 27.6 Å². The van der Waals surface area contributed by atoms with Gasteiger partial charge < -0.3 is 9.15 Å². The molecule has 0 saturated heterocycles. The SMILES string of the molecule is COC(=O)[C@H]1Cc2ccccc2CN1Cc1cc(=O)oc2c(C)c(C)ccc12. The molecule has 0 fully saturated rings. The highest BCUT2D eigenvalue weighted by Crippen LogP contribution is 2.29. The second-order valence-electron chi connectivity index (χ2n) is 7.39. The summed E-state index contributed by atoms with van der Waals surface area (Å²) in [7, 11) is 1.42. The summed E-state index contributed by atoms with van der Waals surface area (Å²) in [6.07, 6.45) is 0.598. The Kier molecular flexibility index (Phi) is 4.77. The molecule has 0 bridgehead atoms. The molecule has 5 nitrogen and oxygen atoms in total. The standard InChI is InChI=1S/C23H23NO4/c1-14-8-9-19-18(11-21(25)28-22(19)15(14)2)13-24-12-17-7-5-4-6-16(17)10-20(24)23(26)27-3/h4-9,11,20H,10,12-13H2,1-3H3/t20-/m1/s1. The molecule has 5 heteroatoms. The number of ether oxygens (including phenoxy) is 1. The lowest BCUT2D eigenvalue weighted by Gasteiger charge is -2.35. The van der Waals surface area contributed by atoms with Gasteiger partial charge in [-0.1, -0.05) is 36.4 Å². The summed E-state index contributed by atoms with van der Waals surface area (Å²) in [5, 5.41) is 0.908. The number of benzene rings is 2. The second-order valence-corrected chi connectivity index (χ2v) is 7.39. The van der Waals surface area contributed by atoms with Crippen molar-refractivity contribution < 1.29 is 13.9 Å². The van der Waals surface area contributed by atoms with Crippen LogP contribution < -0.4 is 5.63 Å². The Balaban J connectivity index is 1.78. The number of carbonyl (C=O) groups is 1. The predicted octanol–water partition coefficient (Wildman–Crippen LogP) is 3.51. The van der Waals surface area contributed by atoms with E-state index in [0.29, 0.717) is 25.1 Å². The van der Waals surface area contributed by atoms with Gasteiger partial charge in [-0.2, -0.15) is 0 Å². The maximum Gasteiger partial charge on any atom is 0.336 e. The molecule has 0 N–H and O–H groups in total. The number of rotatable bonds is 3. The van der Waals surface area contributed by atoms with Crippen molar-refractivity contribution in [1.29, 1.82) is 0 Å². The minimum absolute atomic E-state index is 0.256. The van der Waals surface area contributed by atoms with E-state index < -0.39 is 0 Å². The molecule has 28 heavy (non-hydrogen) atoms. The molecular weight excluding hydrogens is 354 g/mol. The lowest BCUT2D eigenvalue weighted by molar-refractivity contribution is -0.147. The molecule has 0 saturated carbocycles. The Morgan fingerprint density at radius 2 is 1.93 bits per heavy atom. The first kappa shape index (κ1) is 18.4. The number of methoxy groups -OCH3 is 1. The molecule has 0 aliphatic carbocycles. The van der Waals surface area contributed by atoms with Gasteiger partial charge in [-0.25, -0.2) is 4.79 Å². The molecule has 1 atom stereocenters. The largest absolute Gasteiger partial charge is 0.468 e. The summed E-state index contributed by atoms with van der Waals surface area (Å²) in [6, 6.07) is 13.3. The fourth-order valence-corrected chi connectivity index (χ4v) is 3.99. The van der Waals surface area contributed by atoms with Crippen LogP contribution in [0.4, 0.5) is 0 Å². The lowest BCUT2D eigenvalue weighted by Crippen LogP contribution is -2.45. The quantitative estimate of drug-likeness (QED) is 0.516. The van der Waals surface area contributed by atoms with Gasteiger partial charge in [-0.05, 0) is 48.1 Å². The van der Waals surface area contributed by atoms with Crippen LogP contribution in [-0.4, -0.2) is 24.0 Å². The fraction of sp³-hybridized carbons (Fsp3) is 0.304. The summed E-state index contributed by atoms with van der Waals surface area (Å²) in [6.45, 7) is 5.05. The van der Waals surface area contributed by atoms with Gasteiger partial charge in [0.1, 0.15) is 11.6 Å². The molecule has 3 aromatic rings. The van der Waals surface area contributed by atoms with Crippen molar-refractivity contribution in [2.75, 3.05) is 7.11 Å². The van der Waals surface area contributed by atoms with E-state index in [9.17, 15) is 9.59 Å². The minimum atomic E-state index is -0.381. The average molecular weight is 377 g/mol. The van der Waals surface area contributed by atoms with Gasteiger partial charge in [-0.15, -0.1) is 0 Å². The number of hydrogen-bond acceptors (Lipinski definition) is 5. The summed E-state index contributed by atoms with van der Waals surface area (Å²) >= 11 is 0. The third-order valence-corrected chi connectivity index (χ3v) is 5.71. The summed E-state index contributed by atoms with van der Waals surface area (Å²) in [5.74, 6) is -0.256. The highest BCUT2D eigenvalue weighted by Gasteiger charge is 2.32. The molecule has 144 valence electrons. The van der Waals surface area contributed by atoms with E-state index in [-0.39, 0.29) is 17.6 Å². The van der Waals surface area contributed by atoms with E-state index in [4.69, 9.17) is 9.15 Å². The van der Waals surface area contributed by atoms with E-state index in [2.05, 4.69) is 17.0 Å². The van der Waals surface area contributed by atoms with Gasteiger partial charge in [0.15, 0.2) is 0 Å². The molecule has 4 rings (SSSR count). The molecule has 1 aliphatic rings. The third-order valence-electron chi connectivity index (χ3n) is 5.71. The number of nitrogens with zero attached hydrogens (tertiary/aromatic N) is 1. The third kappa shape index (κ3) is 3.22. The lowest BCUT2D eigenvalue weighted by atomic mass is 9.93. The van der Waals surface area contributed by atoms with Crippen LogP contribution in [0.15, 0.2) is 51.7 Å². The molecule has 0 amide bonds. The van der Waals surface area contributed by atoms with Crippen molar-refractivity contribution in [3.63, 3.8) is 0 Å². The average Bonchev–Trinajstić information content (AvgIpc) is 2.70. The number of hydrogen-bond donors (Lipinski definition) is 0. The minimum Gasteiger partial charge on any atom is -0.468 e. The van der Waals surface area contributed by atoms with E-state index in [1.165, 1.54) is 18.7 Å². The highest BCUT2D eigenvalue weighted by molar-refractivity contribution is 5.84. The van der Waals surface area contributed by atoms with E-state index in [1.54, 1.807) is 0 Å². The fourth-order valence-electron chi connectivity index (χ4n) is 3.99. The number of fused-ring (bicyclic) bond motifs is 2. The Bertz CT molecular complexity index is 1120. The molecule has 2 heterocycles. The Morgan fingerprint density at radius 1 is 1.18 bits per heavy atom. The number of carbonyl (C=O) groups excluding carboxylic acids is 1. The van der Waals surface area contributed by atoms with Gasteiger partial charge >= 0.3 is 11.6 Å². The van der Waals surface area contributed by atoms with Crippen LogP contribution in [0.5, 0.6) is 0 Å². The molecule has 0 spiro atoms. The van der Waals surface area contributed by atoms with Crippen LogP contribution in [-0.2, 0) is 29.0 Å². The Morgan fingerprint density at radius 3 is 2.68 bits per heavy atom. The number of esters is 1. The van der Waals surface area contributed by atoms with Gasteiger partial charge in [0.05, 0.1) is 7.11 Å². The maximum atomic E-state index is 12.5. The number of aryl methyl sites for hydroxylation is 2. The van der Waals surface area contributed by atoms with Crippen molar-refractivity contribution in [3.05, 3.63) is 80.7 Å². The second kappa shape index (κ2) is 7.24. The summed E-state index contributed by atoms with van der Waals surface area (Å²) in [4.78, 5) is 26.7. The van der Waals surface area contributed by atoms with Crippen molar-refractivity contribution in [1.82, 2.24) is 4.90 Å². The van der Waals surface area contributed by atoms with Gasteiger partial charge in [0.2, 0.25) is 0 Å². The van der Waals surface area contributed by atoms with Crippen LogP contribution in [0, 0.1) is 13.8 Å². The van der Waals surface area contributed by atoms with Gasteiger partial charge in [0, 0.05) is 24.5 Å². The molecular formula is C23H23NO4. The molecule has 2 aromatic carbocycles. The first-order valence-corrected chi connectivity index (χ1v) is 9.39. The highest BCUT2D eigenvalue weighted by atomic mass is 16.5. The Hall–Kier alpha value is -2.92. The summed E-state index contributed by atoms with van der Waals surface area (Å²) in [5.41, 5.74) is 5.51. The van der Waals surface area contributed by atoms with Crippen LogP contribution >= 0.6 is 0 Å². The first-order chi connectivity index (χ1) is 13.5. The van der Waals surface area contributed by atoms with Crippen molar-refractivity contribution in [3.8, 4) is 0 Å². The normalized spacial score (nSPS) is 16.8. The molecule has 0 radical (unpaired) electrons. The van der Waals surface area contributed by atoms with E-state index >= 15 is 0 Å². The van der Waals surface area contributed by atoms with Crippen LogP contribution in [0.1, 0.15) is 27.8 Å². The summed E-state index contributed by atoms with van der Waals surface area (Å²) < 4.78 is 10.5. The van der Waals surface area contributed by atoms with Crippen LogP contribution in [0.25, 0.3) is 11.0 Å². The zero-order valence-corrected chi connectivity index (χ0v) is 16.3. The van der Waals surface area contributed by atoms with E-state index in [1.807, 2.05) is 38.1 Å². The topological polar surface area (TPSA) is 59.8 Å². The van der Waals surface area contributed by atoms with Crippen molar-refractivity contribution in [2.45, 2.75) is 39.4 Å². The zero-order valence-electron chi connectivity index (χ0n) is 16.3. The predicted molar refractivity (Wildman–Crippen MR) is 107 cm³/mol. The monoisotopic (exact) mass is 377 g/mol. The van der Waals surface area contributed by atoms with Crippen molar-refractivity contribution in [2.24, 2.45) is 0 Å². The maximum absolute atomic E-state index is 12.5. The van der Waals surface area contributed by atoms with Crippen LogP contribution in [0.2, 0.25) is 0 Å².